The van der Waals surface area contributed by atoms with Gasteiger partial charge in [-0.1, -0.05) is 0 Å². The molecule has 1 atom stereocenters. The monoisotopic (exact) mass is 411 g/mol. The van der Waals surface area contributed by atoms with Crippen molar-refractivity contribution in [1.82, 2.24) is 20.4 Å². The Kier molecular flexibility index (Phi) is 9.54. The molecule has 0 saturated carbocycles. The largest absolute Gasteiger partial charge is 0.385 e. The lowest BCUT2D eigenvalue weighted by Crippen LogP contribution is -2.62. The molecular formula is C14H30IN5O. The first kappa shape index (κ1) is 18.9. The summed E-state index contributed by atoms with van der Waals surface area (Å²) >= 11 is 0. The highest BCUT2D eigenvalue weighted by molar-refractivity contribution is 14.0. The molecule has 0 amide bonds. The molecule has 3 aliphatic heterocycles. The van der Waals surface area contributed by atoms with Gasteiger partial charge in [0.1, 0.15) is 0 Å². The third kappa shape index (κ3) is 6.25. The fourth-order valence-electron chi connectivity index (χ4n) is 2.86. The van der Waals surface area contributed by atoms with E-state index in [1.54, 1.807) is 7.11 Å². The number of hydrogen-bond donors (Lipinski definition) is 2. The van der Waals surface area contributed by atoms with Crippen molar-refractivity contribution < 1.29 is 4.74 Å². The molecule has 0 radical (unpaired) electrons. The van der Waals surface area contributed by atoms with Crippen molar-refractivity contribution in [3.05, 3.63) is 0 Å². The zero-order valence-electron chi connectivity index (χ0n) is 13.3. The predicted molar refractivity (Wildman–Crippen MR) is 97.7 cm³/mol. The SMILES string of the molecule is CCNC(=NCC1CN2CCN1CC2)NCCCOC.I. The van der Waals surface area contributed by atoms with Crippen molar-refractivity contribution in [3.8, 4) is 0 Å². The number of nitrogens with one attached hydrogen (secondary N) is 2. The van der Waals surface area contributed by atoms with Crippen molar-refractivity contribution in [3.63, 3.8) is 0 Å². The van der Waals surface area contributed by atoms with E-state index in [1.807, 2.05) is 0 Å². The van der Waals surface area contributed by atoms with E-state index in [0.29, 0.717) is 6.04 Å². The van der Waals surface area contributed by atoms with Gasteiger partial charge in [-0.25, -0.2) is 0 Å². The second kappa shape index (κ2) is 10.6. The van der Waals surface area contributed by atoms with Crippen molar-refractivity contribution in [1.29, 1.82) is 0 Å². The fraction of sp³-hybridized carbons (Fsp3) is 0.929. The van der Waals surface area contributed by atoms with Crippen LogP contribution in [0.2, 0.25) is 0 Å². The quantitative estimate of drug-likeness (QED) is 0.271. The van der Waals surface area contributed by atoms with E-state index in [2.05, 4.69) is 27.4 Å². The van der Waals surface area contributed by atoms with Crippen LogP contribution < -0.4 is 10.6 Å². The van der Waals surface area contributed by atoms with Gasteiger partial charge in [0.15, 0.2) is 5.96 Å². The second-order valence-corrected chi connectivity index (χ2v) is 5.48. The summed E-state index contributed by atoms with van der Waals surface area (Å²) in [6.07, 6.45) is 1.00. The third-order valence-electron chi connectivity index (χ3n) is 4.01. The number of piperazine rings is 3. The zero-order valence-corrected chi connectivity index (χ0v) is 15.6. The van der Waals surface area contributed by atoms with E-state index in [-0.39, 0.29) is 24.0 Å². The Balaban J connectivity index is 0.00000220. The highest BCUT2D eigenvalue weighted by Crippen LogP contribution is 2.15. The minimum absolute atomic E-state index is 0. The van der Waals surface area contributed by atoms with Crippen LogP contribution in [0, 0.1) is 0 Å². The van der Waals surface area contributed by atoms with Crippen LogP contribution in [0.3, 0.4) is 0 Å². The Bertz CT molecular complexity index is 308. The number of methoxy groups -OCH3 is 1. The van der Waals surface area contributed by atoms with Gasteiger partial charge < -0.3 is 15.4 Å². The van der Waals surface area contributed by atoms with Gasteiger partial charge in [0, 0.05) is 65.6 Å². The van der Waals surface area contributed by atoms with Gasteiger partial charge >= 0.3 is 0 Å². The van der Waals surface area contributed by atoms with E-state index < -0.39 is 0 Å². The molecule has 0 spiro atoms. The number of ether oxygens (including phenoxy) is 1. The van der Waals surface area contributed by atoms with Crippen LogP contribution in [0.1, 0.15) is 13.3 Å². The first-order chi connectivity index (χ1) is 9.83. The maximum atomic E-state index is 5.06. The Labute approximate surface area is 145 Å². The van der Waals surface area contributed by atoms with Crippen molar-refractivity contribution in [2.45, 2.75) is 19.4 Å². The number of guanidine groups is 1. The minimum Gasteiger partial charge on any atom is -0.385 e. The lowest BCUT2D eigenvalue weighted by Gasteiger charge is -2.47. The smallest absolute Gasteiger partial charge is 0.191 e. The maximum absolute atomic E-state index is 5.06. The van der Waals surface area contributed by atoms with Crippen LogP contribution in [0.25, 0.3) is 0 Å². The molecule has 6 nitrogen and oxygen atoms in total. The third-order valence-corrected chi connectivity index (χ3v) is 4.01. The molecule has 124 valence electrons. The van der Waals surface area contributed by atoms with Gasteiger partial charge in [0.05, 0.1) is 6.54 Å². The van der Waals surface area contributed by atoms with Gasteiger partial charge in [-0.15, -0.1) is 24.0 Å². The van der Waals surface area contributed by atoms with E-state index in [4.69, 9.17) is 9.73 Å². The summed E-state index contributed by atoms with van der Waals surface area (Å²) in [7, 11) is 1.74. The fourth-order valence-corrected chi connectivity index (χ4v) is 2.86. The number of fused-ring (bicyclic) bond motifs is 3. The lowest BCUT2D eigenvalue weighted by atomic mass is 10.1. The van der Waals surface area contributed by atoms with Crippen molar-refractivity contribution in [2.24, 2.45) is 4.99 Å². The van der Waals surface area contributed by atoms with E-state index in [0.717, 1.165) is 38.6 Å². The highest BCUT2D eigenvalue weighted by atomic mass is 127. The van der Waals surface area contributed by atoms with Gasteiger partial charge in [-0.3, -0.25) is 14.8 Å². The number of rotatable bonds is 7. The summed E-state index contributed by atoms with van der Waals surface area (Å²) < 4.78 is 5.06. The molecule has 3 fully saturated rings. The summed E-state index contributed by atoms with van der Waals surface area (Å²) in [5, 5.41) is 6.68. The van der Waals surface area contributed by atoms with E-state index in [1.165, 1.54) is 32.7 Å². The minimum atomic E-state index is 0. The molecule has 3 rings (SSSR count). The molecule has 0 aliphatic carbocycles. The average Bonchev–Trinajstić information content (AvgIpc) is 2.50. The maximum Gasteiger partial charge on any atom is 0.191 e. The van der Waals surface area contributed by atoms with Crippen LogP contribution in [0.4, 0.5) is 0 Å². The Hall–Kier alpha value is -0.120. The molecule has 0 aromatic rings. The van der Waals surface area contributed by atoms with Crippen molar-refractivity contribution in [2.75, 3.05) is 66.1 Å². The molecule has 2 N–H and O–H groups in total. The summed E-state index contributed by atoms with van der Waals surface area (Å²) in [6, 6.07) is 0.590. The predicted octanol–water partition coefficient (Wildman–Crippen LogP) is 0.196. The average molecular weight is 411 g/mol. The van der Waals surface area contributed by atoms with E-state index in [9.17, 15) is 0 Å². The van der Waals surface area contributed by atoms with Crippen LogP contribution >= 0.6 is 24.0 Å². The molecule has 3 heterocycles. The van der Waals surface area contributed by atoms with Gasteiger partial charge in [0.25, 0.3) is 0 Å². The van der Waals surface area contributed by atoms with Crippen LogP contribution in [0.15, 0.2) is 4.99 Å². The Morgan fingerprint density at radius 1 is 1.24 bits per heavy atom. The van der Waals surface area contributed by atoms with Crippen LogP contribution in [-0.4, -0.2) is 87.9 Å². The molecular weight excluding hydrogens is 381 g/mol. The summed E-state index contributed by atoms with van der Waals surface area (Å²) in [5.41, 5.74) is 0. The molecule has 3 aliphatic rings. The van der Waals surface area contributed by atoms with Crippen LogP contribution in [0.5, 0.6) is 0 Å². The number of aliphatic imine (C=N–C) groups is 1. The molecule has 0 aromatic heterocycles. The second-order valence-electron chi connectivity index (χ2n) is 5.48. The normalized spacial score (nSPS) is 28.1. The molecule has 21 heavy (non-hydrogen) atoms. The molecule has 7 heteroatoms. The summed E-state index contributed by atoms with van der Waals surface area (Å²) in [4.78, 5) is 9.87. The standard InChI is InChI=1S/C14H29N5O.HI/c1-3-15-14(16-5-4-10-20-2)17-11-13-12-18-6-8-19(13)9-7-18;/h13H,3-12H2,1-2H3,(H2,15,16,17);1H. The molecule has 1 unspecified atom stereocenters. The first-order valence-electron chi connectivity index (χ1n) is 7.81. The first-order valence-corrected chi connectivity index (χ1v) is 7.81. The summed E-state index contributed by atoms with van der Waals surface area (Å²) in [5.74, 6) is 0.932. The Morgan fingerprint density at radius 2 is 2.00 bits per heavy atom. The summed E-state index contributed by atoms with van der Waals surface area (Å²) in [6.45, 7) is 11.6. The zero-order chi connectivity index (χ0) is 14.2. The van der Waals surface area contributed by atoms with Crippen molar-refractivity contribution >= 4 is 29.9 Å². The van der Waals surface area contributed by atoms with E-state index >= 15 is 0 Å². The Morgan fingerprint density at radius 3 is 2.57 bits per heavy atom. The van der Waals surface area contributed by atoms with Gasteiger partial charge in [0.2, 0.25) is 0 Å². The molecule has 2 bridgehead atoms. The topological polar surface area (TPSA) is 52.1 Å². The number of hydrogen-bond acceptors (Lipinski definition) is 4. The lowest BCUT2D eigenvalue weighted by molar-refractivity contribution is 0.0174. The molecule has 3 saturated heterocycles. The van der Waals surface area contributed by atoms with Gasteiger partial charge in [-0.2, -0.15) is 0 Å². The highest BCUT2D eigenvalue weighted by Gasteiger charge is 2.31. The molecule has 0 aromatic carbocycles. The number of nitrogens with zero attached hydrogens (tertiary/aromatic N) is 3. The van der Waals surface area contributed by atoms with Crippen LogP contribution in [-0.2, 0) is 4.74 Å². The van der Waals surface area contributed by atoms with Gasteiger partial charge in [-0.05, 0) is 13.3 Å². The number of halogens is 1.